The molecule has 0 spiro atoms. The number of hydrogen-bond donors (Lipinski definition) is 2. The van der Waals surface area contributed by atoms with Crippen molar-refractivity contribution in [3.05, 3.63) is 23.4 Å². The van der Waals surface area contributed by atoms with Crippen LogP contribution in [0.2, 0.25) is 0 Å². The third-order valence-corrected chi connectivity index (χ3v) is 4.09. The van der Waals surface area contributed by atoms with Crippen LogP contribution in [0.4, 0.5) is 5.82 Å². The van der Waals surface area contributed by atoms with Gasteiger partial charge in [0.25, 0.3) is 0 Å². The van der Waals surface area contributed by atoms with E-state index in [9.17, 15) is 0 Å². The van der Waals surface area contributed by atoms with Crippen LogP contribution in [0.5, 0.6) is 0 Å². The minimum absolute atomic E-state index is 0.262. The Balaban J connectivity index is 2.90. The van der Waals surface area contributed by atoms with E-state index < -0.39 is 0 Å². The van der Waals surface area contributed by atoms with Crippen LogP contribution in [0.15, 0.2) is 12.3 Å². The van der Waals surface area contributed by atoms with Crippen LogP contribution in [-0.4, -0.2) is 22.0 Å². The molecule has 0 aromatic carbocycles. The molecule has 0 saturated heterocycles. The second-order valence-corrected chi connectivity index (χ2v) is 7.31. The molecule has 1 aromatic rings. The zero-order chi connectivity index (χ0) is 13.8. The van der Waals surface area contributed by atoms with E-state index >= 15 is 0 Å². The molecule has 0 aliphatic heterocycles. The van der Waals surface area contributed by atoms with E-state index in [0.717, 1.165) is 17.9 Å². The SMILES string of the molecule is CCNC(CSC(C)(C)C)c1c(C)ccnc1N. The number of anilines is 1. The van der Waals surface area contributed by atoms with E-state index in [1.165, 1.54) is 5.56 Å². The van der Waals surface area contributed by atoms with Crippen molar-refractivity contribution in [2.45, 2.75) is 45.4 Å². The number of nitrogen functional groups attached to an aromatic ring is 1. The number of nitrogens with one attached hydrogen (secondary N) is 1. The fourth-order valence-electron chi connectivity index (χ4n) is 1.87. The normalized spacial score (nSPS) is 13.6. The Labute approximate surface area is 115 Å². The van der Waals surface area contributed by atoms with Gasteiger partial charge in [-0.25, -0.2) is 4.98 Å². The van der Waals surface area contributed by atoms with Gasteiger partial charge in [-0.05, 0) is 25.1 Å². The lowest BCUT2D eigenvalue weighted by molar-refractivity contribution is 0.600. The van der Waals surface area contributed by atoms with Gasteiger partial charge in [0.15, 0.2) is 0 Å². The second kappa shape index (κ2) is 6.43. The Hall–Kier alpha value is -0.740. The highest BCUT2D eigenvalue weighted by Crippen LogP contribution is 2.31. The zero-order valence-corrected chi connectivity index (χ0v) is 12.9. The van der Waals surface area contributed by atoms with Crippen molar-refractivity contribution >= 4 is 17.6 Å². The molecule has 0 saturated carbocycles. The van der Waals surface area contributed by atoms with E-state index in [1.54, 1.807) is 6.20 Å². The highest BCUT2D eigenvalue weighted by molar-refractivity contribution is 8.00. The Morgan fingerprint density at radius 2 is 2.11 bits per heavy atom. The number of nitrogens with two attached hydrogens (primary N) is 1. The summed E-state index contributed by atoms with van der Waals surface area (Å²) >= 11 is 1.95. The number of pyridine rings is 1. The minimum atomic E-state index is 0.262. The van der Waals surface area contributed by atoms with E-state index in [4.69, 9.17) is 5.73 Å². The molecule has 1 aromatic heterocycles. The highest BCUT2D eigenvalue weighted by atomic mass is 32.2. The fourth-order valence-corrected chi connectivity index (χ4v) is 2.82. The summed E-state index contributed by atoms with van der Waals surface area (Å²) in [5.74, 6) is 1.66. The third kappa shape index (κ3) is 4.50. The van der Waals surface area contributed by atoms with Crippen LogP contribution in [0.1, 0.15) is 44.9 Å². The molecule has 1 rings (SSSR count). The minimum Gasteiger partial charge on any atom is -0.383 e. The van der Waals surface area contributed by atoms with Gasteiger partial charge in [0.05, 0.1) is 0 Å². The highest BCUT2D eigenvalue weighted by Gasteiger charge is 2.20. The number of aryl methyl sites for hydroxylation is 1. The van der Waals surface area contributed by atoms with Crippen LogP contribution in [-0.2, 0) is 0 Å². The molecule has 3 N–H and O–H groups in total. The number of hydrogen-bond acceptors (Lipinski definition) is 4. The first-order valence-electron chi connectivity index (χ1n) is 6.43. The molecule has 0 aliphatic carbocycles. The van der Waals surface area contributed by atoms with Crippen molar-refractivity contribution < 1.29 is 0 Å². The van der Waals surface area contributed by atoms with Crippen LogP contribution in [0.25, 0.3) is 0 Å². The summed E-state index contributed by atoms with van der Waals surface area (Å²) in [7, 11) is 0. The summed E-state index contributed by atoms with van der Waals surface area (Å²) in [6.07, 6.45) is 1.77. The Morgan fingerprint density at radius 3 is 2.61 bits per heavy atom. The van der Waals surface area contributed by atoms with Crippen molar-refractivity contribution in [2.75, 3.05) is 18.0 Å². The molecule has 4 heteroatoms. The molecule has 102 valence electrons. The molecule has 0 bridgehead atoms. The van der Waals surface area contributed by atoms with Gasteiger partial charge in [-0.2, -0.15) is 11.8 Å². The lowest BCUT2D eigenvalue weighted by atomic mass is 10.0. The average molecular weight is 267 g/mol. The van der Waals surface area contributed by atoms with Gasteiger partial charge in [0.1, 0.15) is 5.82 Å². The van der Waals surface area contributed by atoms with Crippen molar-refractivity contribution in [2.24, 2.45) is 0 Å². The predicted octanol–water partition coefficient (Wildman–Crippen LogP) is 3.15. The van der Waals surface area contributed by atoms with Crippen molar-refractivity contribution in [3.63, 3.8) is 0 Å². The summed E-state index contributed by atoms with van der Waals surface area (Å²) in [4.78, 5) is 4.22. The molecule has 1 atom stereocenters. The first kappa shape index (κ1) is 15.3. The Kier molecular flexibility index (Phi) is 5.47. The smallest absolute Gasteiger partial charge is 0.128 e. The topological polar surface area (TPSA) is 50.9 Å². The number of thioether (sulfide) groups is 1. The van der Waals surface area contributed by atoms with Crippen LogP contribution in [0.3, 0.4) is 0 Å². The van der Waals surface area contributed by atoms with Gasteiger partial charge in [-0.15, -0.1) is 0 Å². The maximum Gasteiger partial charge on any atom is 0.128 e. The van der Waals surface area contributed by atoms with E-state index in [1.807, 2.05) is 17.8 Å². The van der Waals surface area contributed by atoms with Gasteiger partial charge in [-0.1, -0.05) is 27.7 Å². The molecule has 0 radical (unpaired) electrons. The van der Waals surface area contributed by atoms with Crippen molar-refractivity contribution in [3.8, 4) is 0 Å². The lowest BCUT2D eigenvalue weighted by Crippen LogP contribution is -2.27. The number of rotatable bonds is 5. The summed E-state index contributed by atoms with van der Waals surface area (Å²) < 4.78 is 0.262. The van der Waals surface area contributed by atoms with E-state index in [2.05, 4.69) is 44.9 Å². The molecular weight excluding hydrogens is 242 g/mol. The van der Waals surface area contributed by atoms with Crippen LogP contribution in [0, 0.1) is 6.92 Å². The number of nitrogens with zero attached hydrogens (tertiary/aromatic N) is 1. The Morgan fingerprint density at radius 1 is 1.44 bits per heavy atom. The predicted molar refractivity (Wildman–Crippen MR) is 82.0 cm³/mol. The molecule has 0 aliphatic rings. The van der Waals surface area contributed by atoms with Crippen molar-refractivity contribution in [1.82, 2.24) is 10.3 Å². The fraction of sp³-hybridized carbons (Fsp3) is 0.643. The molecule has 1 heterocycles. The third-order valence-electron chi connectivity index (χ3n) is 2.72. The quantitative estimate of drug-likeness (QED) is 0.860. The molecule has 0 fully saturated rings. The summed E-state index contributed by atoms with van der Waals surface area (Å²) in [5.41, 5.74) is 8.39. The van der Waals surface area contributed by atoms with Crippen LogP contribution < -0.4 is 11.1 Å². The van der Waals surface area contributed by atoms with E-state index in [-0.39, 0.29) is 10.8 Å². The largest absolute Gasteiger partial charge is 0.383 e. The Bertz CT molecular complexity index is 365. The van der Waals surface area contributed by atoms with Crippen LogP contribution >= 0.6 is 11.8 Å². The average Bonchev–Trinajstić information content (AvgIpc) is 2.24. The molecule has 1 unspecified atom stereocenters. The van der Waals surface area contributed by atoms with Gasteiger partial charge in [0.2, 0.25) is 0 Å². The monoisotopic (exact) mass is 267 g/mol. The molecule has 0 amide bonds. The molecule has 3 nitrogen and oxygen atoms in total. The molecular formula is C14H25N3S. The number of aromatic nitrogens is 1. The van der Waals surface area contributed by atoms with Crippen molar-refractivity contribution in [1.29, 1.82) is 0 Å². The van der Waals surface area contributed by atoms with E-state index in [0.29, 0.717) is 5.82 Å². The lowest BCUT2D eigenvalue weighted by Gasteiger charge is -2.25. The second-order valence-electron chi connectivity index (χ2n) is 5.46. The maximum absolute atomic E-state index is 6.03. The zero-order valence-electron chi connectivity index (χ0n) is 12.1. The standard InChI is InChI=1S/C14H25N3S/c1-6-16-11(9-18-14(3,4)5)12-10(2)7-8-17-13(12)15/h7-8,11,16H,6,9H2,1-5H3,(H2,15,17). The summed E-state index contributed by atoms with van der Waals surface area (Å²) in [6.45, 7) is 11.9. The first-order chi connectivity index (χ1) is 8.35. The molecule has 18 heavy (non-hydrogen) atoms. The maximum atomic E-state index is 6.03. The van der Waals surface area contributed by atoms with Gasteiger partial charge in [0, 0.05) is 28.3 Å². The van der Waals surface area contributed by atoms with Gasteiger partial charge >= 0.3 is 0 Å². The van der Waals surface area contributed by atoms with Gasteiger partial charge in [-0.3, -0.25) is 0 Å². The first-order valence-corrected chi connectivity index (χ1v) is 7.42. The van der Waals surface area contributed by atoms with Gasteiger partial charge < -0.3 is 11.1 Å². The summed E-state index contributed by atoms with van der Waals surface area (Å²) in [6, 6.07) is 2.30. The summed E-state index contributed by atoms with van der Waals surface area (Å²) in [5, 5.41) is 3.51.